The molecule has 0 heterocycles. The van der Waals surface area contributed by atoms with Crippen LogP contribution in [0.25, 0.3) is 0 Å². The van der Waals surface area contributed by atoms with Gasteiger partial charge in [0, 0.05) is 30.3 Å². The second-order valence-corrected chi connectivity index (χ2v) is 4.95. The Balaban J connectivity index is 2.26. The second-order valence-electron chi connectivity index (χ2n) is 4.95. The number of aliphatic hydroxyl groups excluding tert-OH is 1. The summed E-state index contributed by atoms with van der Waals surface area (Å²) in [4.78, 5) is 24.4. The molecule has 0 radical (unpaired) electrons. The van der Waals surface area contributed by atoms with Crippen molar-refractivity contribution in [1.82, 2.24) is 4.90 Å². The predicted molar refractivity (Wildman–Crippen MR) is 75.4 cm³/mol. The summed E-state index contributed by atoms with van der Waals surface area (Å²) in [7, 11) is 1.33. The number of nitro benzene ring substituents is 1. The molecule has 2 rings (SSSR count). The van der Waals surface area contributed by atoms with Crippen molar-refractivity contribution < 1.29 is 19.6 Å². The molecule has 7 nitrogen and oxygen atoms in total. The zero-order valence-corrected chi connectivity index (χ0v) is 11.8. The molecule has 1 N–H and O–H groups in total. The topological polar surface area (TPSA) is 92.9 Å². The first-order valence-corrected chi connectivity index (χ1v) is 6.82. The molecule has 0 aliphatic heterocycles. The lowest BCUT2D eigenvalue weighted by Crippen LogP contribution is -2.45. The third kappa shape index (κ3) is 3.13. The molecule has 1 aromatic rings. The number of nitrogens with zero attached hydrogens (tertiary/aromatic N) is 2. The van der Waals surface area contributed by atoms with Gasteiger partial charge in [-0.15, -0.1) is 0 Å². The van der Waals surface area contributed by atoms with Gasteiger partial charge < -0.3 is 14.7 Å². The van der Waals surface area contributed by atoms with Crippen LogP contribution in [0.2, 0.25) is 0 Å². The number of amides is 1. The maximum Gasteiger partial charge on any atom is 0.310 e. The molecule has 1 amide bonds. The van der Waals surface area contributed by atoms with Gasteiger partial charge in [-0.1, -0.05) is 0 Å². The van der Waals surface area contributed by atoms with Gasteiger partial charge in [0.25, 0.3) is 5.91 Å². The third-order valence-electron chi connectivity index (χ3n) is 3.74. The fraction of sp³-hybridized carbons (Fsp3) is 0.500. The van der Waals surface area contributed by atoms with E-state index in [1.807, 2.05) is 0 Å². The molecule has 1 saturated carbocycles. The first-order valence-electron chi connectivity index (χ1n) is 6.82. The first kappa shape index (κ1) is 15.2. The number of carbonyl (C=O) groups excluding carboxylic acids is 1. The van der Waals surface area contributed by atoms with E-state index in [-0.39, 0.29) is 36.5 Å². The number of carbonyl (C=O) groups is 1. The van der Waals surface area contributed by atoms with Gasteiger partial charge in [-0.25, -0.2) is 0 Å². The van der Waals surface area contributed by atoms with Crippen molar-refractivity contribution >= 4 is 11.6 Å². The number of nitro groups is 1. The van der Waals surface area contributed by atoms with E-state index in [2.05, 4.69) is 0 Å². The Kier molecular flexibility index (Phi) is 4.74. The van der Waals surface area contributed by atoms with Gasteiger partial charge in [0.05, 0.1) is 18.6 Å². The molecule has 21 heavy (non-hydrogen) atoms. The molecule has 0 aromatic heterocycles. The van der Waals surface area contributed by atoms with Crippen molar-refractivity contribution in [1.29, 1.82) is 0 Å². The highest BCUT2D eigenvalue weighted by Gasteiger charge is 2.29. The van der Waals surface area contributed by atoms with Gasteiger partial charge in [-0.3, -0.25) is 14.9 Å². The summed E-state index contributed by atoms with van der Waals surface area (Å²) >= 11 is 0. The quantitative estimate of drug-likeness (QED) is 0.635. The average molecular weight is 294 g/mol. The standard InChI is InChI=1S/C14H18N2O5/c1-21-13-9-10(5-6-12(13)16(19)20)14(18)15(7-8-17)11-3-2-4-11/h5-6,9,11,17H,2-4,7-8H2,1H3. The summed E-state index contributed by atoms with van der Waals surface area (Å²) in [6.45, 7) is 0.162. The van der Waals surface area contributed by atoms with Crippen molar-refractivity contribution in [2.45, 2.75) is 25.3 Å². The highest BCUT2D eigenvalue weighted by molar-refractivity contribution is 5.95. The van der Waals surface area contributed by atoms with Crippen LogP contribution in [0, 0.1) is 10.1 Å². The number of benzene rings is 1. The van der Waals surface area contributed by atoms with E-state index in [9.17, 15) is 14.9 Å². The minimum Gasteiger partial charge on any atom is -0.490 e. The van der Waals surface area contributed by atoms with Crippen LogP contribution in [-0.2, 0) is 0 Å². The molecule has 1 fully saturated rings. The van der Waals surface area contributed by atoms with Gasteiger partial charge in [0.2, 0.25) is 0 Å². The van der Waals surface area contributed by atoms with Gasteiger partial charge in [0.15, 0.2) is 5.75 Å². The summed E-state index contributed by atoms with van der Waals surface area (Å²) in [5.41, 5.74) is 0.157. The fourth-order valence-corrected chi connectivity index (χ4v) is 2.38. The SMILES string of the molecule is COc1cc(C(=O)N(CCO)C2CCC2)ccc1[N+](=O)[O-]. The highest BCUT2D eigenvalue weighted by atomic mass is 16.6. The van der Waals surface area contributed by atoms with Crippen LogP contribution in [0.1, 0.15) is 29.6 Å². The first-order chi connectivity index (χ1) is 10.1. The number of hydrogen-bond acceptors (Lipinski definition) is 5. The minimum absolute atomic E-state index is 0.0587. The van der Waals surface area contributed by atoms with E-state index in [4.69, 9.17) is 9.84 Å². The summed E-state index contributed by atoms with van der Waals surface area (Å²) in [5, 5.41) is 20.0. The lowest BCUT2D eigenvalue weighted by Gasteiger charge is -2.37. The zero-order chi connectivity index (χ0) is 15.4. The lowest BCUT2D eigenvalue weighted by molar-refractivity contribution is -0.385. The van der Waals surface area contributed by atoms with E-state index >= 15 is 0 Å². The maximum absolute atomic E-state index is 12.5. The lowest BCUT2D eigenvalue weighted by atomic mass is 9.91. The molecule has 0 unspecified atom stereocenters. The Hall–Kier alpha value is -2.15. The van der Waals surface area contributed by atoms with E-state index in [1.54, 1.807) is 4.90 Å². The molecule has 1 aliphatic rings. The van der Waals surface area contributed by atoms with Crippen LogP contribution in [0.5, 0.6) is 5.75 Å². The summed E-state index contributed by atoms with van der Waals surface area (Å²) in [5.74, 6) is -0.176. The Morgan fingerprint density at radius 1 is 1.52 bits per heavy atom. The number of rotatable bonds is 6. The second kappa shape index (κ2) is 6.53. The smallest absolute Gasteiger partial charge is 0.310 e. The zero-order valence-electron chi connectivity index (χ0n) is 11.8. The summed E-state index contributed by atoms with van der Waals surface area (Å²) in [6.07, 6.45) is 2.93. The molecule has 114 valence electrons. The van der Waals surface area contributed by atoms with E-state index in [0.29, 0.717) is 5.56 Å². The van der Waals surface area contributed by atoms with E-state index in [1.165, 1.54) is 25.3 Å². The van der Waals surface area contributed by atoms with Crippen LogP contribution in [-0.4, -0.2) is 47.1 Å². The Morgan fingerprint density at radius 3 is 2.71 bits per heavy atom. The molecule has 0 spiro atoms. The number of hydrogen-bond donors (Lipinski definition) is 1. The Bertz CT molecular complexity index is 542. The van der Waals surface area contributed by atoms with Gasteiger partial charge in [-0.2, -0.15) is 0 Å². The maximum atomic E-state index is 12.5. The van der Waals surface area contributed by atoms with Crippen molar-refractivity contribution in [2.75, 3.05) is 20.3 Å². The van der Waals surface area contributed by atoms with Crippen LogP contribution < -0.4 is 4.74 Å². The molecular formula is C14H18N2O5. The number of ether oxygens (including phenoxy) is 1. The minimum atomic E-state index is -0.551. The molecule has 0 saturated heterocycles. The van der Waals surface area contributed by atoms with Crippen LogP contribution in [0.3, 0.4) is 0 Å². The van der Waals surface area contributed by atoms with Crippen molar-refractivity contribution in [2.24, 2.45) is 0 Å². The van der Waals surface area contributed by atoms with E-state index < -0.39 is 4.92 Å². The summed E-state index contributed by atoms with van der Waals surface area (Å²) < 4.78 is 4.98. The summed E-state index contributed by atoms with van der Waals surface area (Å²) in [6, 6.07) is 4.21. The normalized spacial score (nSPS) is 14.4. The largest absolute Gasteiger partial charge is 0.490 e. The van der Waals surface area contributed by atoms with Crippen molar-refractivity contribution in [3.8, 4) is 5.75 Å². The Morgan fingerprint density at radius 2 is 2.24 bits per heavy atom. The number of methoxy groups -OCH3 is 1. The van der Waals surface area contributed by atoms with Gasteiger partial charge >= 0.3 is 5.69 Å². The van der Waals surface area contributed by atoms with E-state index in [0.717, 1.165) is 19.3 Å². The molecule has 7 heteroatoms. The molecule has 0 atom stereocenters. The van der Waals surface area contributed by atoms with Crippen LogP contribution in [0.15, 0.2) is 18.2 Å². The predicted octanol–water partition coefficient (Wildman–Crippen LogP) is 1.59. The van der Waals surface area contributed by atoms with Crippen molar-refractivity contribution in [3.05, 3.63) is 33.9 Å². The number of aliphatic hydroxyl groups is 1. The van der Waals surface area contributed by atoms with Crippen molar-refractivity contribution in [3.63, 3.8) is 0 Å². The molecule has 0 bridgehead atoms. The highest BCUT2D eigenvalue weighted by Crippen LogP contribution is 2.30. The molecule has 1 aliphatic carbocycles. The van der Waals surface area contributed by atoms with Gasteiger partial charge in [0.1, 0.15) is 0 Å². The molecular weight excluding hydrogens is 276 g/mol. The fourth-order valence-electron chi connectivity index (χ4n) is 2.38. The molecule has 1 aromatic carbocycles. The van der Waals surface area contributed by atoms with Crippen LogP contribution in [0.4, 0.5) is 5.69 Å². The Labute approximate surface area is 122 Å². The monoisotopic (exact) mass is 294 g/mol. The third-order valence-corrected chi connectivity index (χ3v) is 3.74. The average Bonchev–Trinajstić information content (AvgIpc) is 2.43. The van der Waals surface area contributed by atoms with Crippen LogP contribution >= 0.6 is 0 Å². The van der Waals surface area contributed by atoms with Gasteiger partial charge in [-0.05, 0) is 25.3 Å².